The average molecular weight is 217 g/mol. The van der Waals surface area contributed by atoms with Gasteiger partial charge in [-0.1, -0.05) is 13.8 Å². The van der Waals surface area contributed by atoms with Crippen molar-refractivity contribution in [3.63, 3.8) is 0 Å². The van der Waals surface area contributed by atoms with Crippen molar-refractivity contribution in [2.45, 2.75) is 44.9 Å². The standard InChI is InChI=1S/C11H17ClO2/c1-10(2)7-3-4-11(10,6-9(13)14)8(12)5-7/h7-8H,3-6H2,1-2H3,(H,13,14)/t7-,8-,11-/m1/s1. The van der Waals surface area contributed by atoms with Gasteiger partial charge in [0.25, 0.3) is 0 Å². The van der Waals surface area contributed by atoms with Gasteiger partial charge >= 0.3 is 5.97 Å². The Labute approximate surface area is 89.6 Å². The van der Waals surface area contributed by atoms with Gasteiger partial charge in [-0.2, -0.15) is 0 Å². The lowest BCUT2D eigenvalue weighted by molar-refractivity contribution is -0.141. The van der Waals surface area contributed by atoms with Crippen LogP contribution in [0.2, 0.25) is 0 Å². The Balaban J connectivity index is 2.34. The Bertz CT molecular complexity index is 274. The van der Waals surface area contributed by atoms with Crippen LogP contribution in [-0.2, 0) is 4.79 Å². The second-order valence-corrected chi connectivity index (χ2v) is 5.91. The molecule has 2 bridgehead atoms. The molecule has 0 spiro atoms. The SMILES string of the molecule is CC1(C)[C@@H]2CC[C@@]1(CC(=O)O)[C@H](Cl)C2. The normalized spacial score (nSPS) is 44.2. The second-order valence-electron chi connectivity index (χ2n) is 5.39. The third-order valence-electron chi connectivity index (χ3n) is 4.80. The van der Waals surface area contributed by atoms with E-state index in [1.807, 2.05) is 0 Å². The predicted molar refractivity (Wildman–Crippen MR) is 55.4 cm³/mol. The zero-order chi connectivity index (χ0) is 10.6. The van der Waals surface area contributed by atoms with Crippen molar-refractivity contribution in [3.8, 4) is 0 Å². The van der Waals surface area contributed by atoms with E-state index in [0.717, 1.165) is 19.3 Å². The molecule has 0 aliphatic heterocycles. The summed E-state index contributed by atoms with van der Waals surface area (Å²) >= 11 is 6.33. The molecule has 3 heteroatoms. The number of hydrogen-bond acceptors (Lipinski definition) is 1. The van der Waals surface area contributed by atoms with Crippen molar-refractivity contribution < 1.29 is 9.90 Å². The molecule has 2 fully saturated rings. The predicted octanol–water partition coefficient (Wildman–Crippen LogP) is 2.89. The summed E-state index contributed by atoms with van der Waals surface area (Å²) in [5.74, 6) is -0.0735. The molecule has 0 saturated heterocycles. The molecule has 2 aliphatic carbocycles. The highest BCUT2D eigenvalue weighted by Gasteiger charge is 2.63. The molecule has 3 atom stereocenters. The van der Waals surface area contributed by atoms with Crippen LogP contribution in [0.5, 0.6) is 0 Å². The molecule has 0 unspecified atom stereocenters. The number of fused-ring (bicyclic) bond motifs is 2. The van der Waals surface area contributed by atoms with Gasteiger partial charge in [0, 0.05) is 10.8 Å². The summed E-state index contributed by atoms with van der Waals surface area (Å²) in [4.78, 5) is 10.9. The van der Waals surface area contributed by atoms with Gasteiger partial charge in [0.05, 0.1) is 6.42 Å². The van der Waals surface area contributed by atoms with Crippen molar-refractivity contribution >= 4 is 17.6 Å². The van der Waals surface area contributed by atoms with Crippen molar-refractivity contribution in [1.82, 2.24) is 0 Å². The highest BCUT2D eigenvalue weighted by atomic mass is 35.5. The summed E-state index contributed by atoms with van der Waals surface area (Å²) in [5.41, 5.74) is -0.0388. The van der Waals surface area contributed by atoms with E-state index in [4.69, 9.17) is 16.7 Å². The highest BCUT2D eigenvalue weighted by molar-refractivity contribution is 6.21. The molecule has 80 valence electrons. The molecule has 1 N–H and O–H groups in total. The van der Waals surface area contributed by atoms with Crippen molar-refractivity contribution in [3.05, 3.63) is 0 Å². The maximum atomic E-state index is 10.9. The van der Waals surface area contributed by atoms with E-state index in [1.165, 1.54) is 0 Å². The molecule has 0 aromatic carbocycles. The third-order valence-corrected chi connectivity index (χ3v) is 5.40. The van der Waals surface area contributed by atoms with Crippen LogP contribution in [0.1, 0.15) is 39.5 Å². The van der Waals surface area contributed by atoms with Crippen molar-refractivity contribution in [2.24, 2.45) is 16.7 Å². The minimum absolute atomic E-state index is 0.0624. The smallest absolute Gasteiger partial charge is 0.303 e. The highest BCUT2D eigenvalue weighted by Crippen LogP contribution is 2.68. The lowest BCUT2D eigenvalue weighted by atomic mass is 9.67. The monoisotopic (exact) mass is 216 g/mol. The minimum atomic E-state index is -0.703. The van der Waals surface area contributed by atoms with Crippen LogP contribution >= 0.6 is 11.6 Å². The molecular weight excluding hydrogens is 200 g/mol. The third kappa shape index (κ3) is 1.06. The summed E-state index contributed by atoms with van der Waals surface area (Å²) in [6, 6.07) is 0. The fourth-order valence-corrected chi connectivity index (χ4v) is 4.35. The van der Waals surface area contributed by atoms with Crippen LogP contribution in [0, 0.1) is 16.7 Å². The van der Waals surface area contributed by atoms with E-state index in [9.17, 15) is 4.79 Å². The Morgan fingerprint density at radius 1 is 1.57 bits per heavy atom. The molecule has 2 rings (SSSR count). The molecule has 0 radical (unpaired) electrons. The number of hydrogen-bond donors (Lipinski definition) is 1. The van der Waals surface area contributed by atoms with Gasteiger partial charge in [-0.3, -0.25) is 4.79 Å². The van der Waals surface area contributed by atoms with E-state index in [0.29, 0.717) is 5.92 Å². The molecule has 14 heavy (non-hydrogen) atoms. The lowest BCUT2D eigenvalue weighted by Crippen LogP contribution is -2.38. The number of carboxylic acid groups (broad SMARTS) is 1. The Kier molecular flexibility index (Phi) is 2.11. The zero-order valence-corrected chi connectivity index (χ0v) is 9.47. The summed E-state index contributed by atoms with van der Waals surface area (Å²) in [5, 5.41) is 9.04. The average Bonchev–Trinajstić information content (AvgIpc) is 2.36. The Morgan fingerprint density at radius 3 is 2.57 bits per heavy atom. The van der Waals surface area contributed by atoms with Crippen LogP contribution < -0.4 is 0 Å². The maximum Gasteiger partial charge on any atom is 0.303 e. The van der Waals surface area contributed by atoms with Crippen LogP contribution in [0.25, 0.3) is 0 Å². The largest absolute Gasteiger partial charge is 0.481 e. The van der Waals surface area contributed by atoms with Crippen molar-refractivity contribution in [1.29, 1.82) is 0 Å². The van der Waals surface area contributed by atoms with Gasteiger partial charge in [0.1, 0.15) is 0 Å². The summed E-state index contributed by atoms with van der Waals surface area (Å²) < 4.78 is 0. The van der Waals surface area contributed by atoms with Crippen LogP contribution in [-0.4, -0.2) is 16.5 Å². The quantitative estimate of drug-likeness (QED) is 0.721. The Morgan fingerprint density at radius 2 is 2.21 bits per heavy atom. The fourth-order valence-electron chi connectivity index (χ4n) is 3.67. The Hall–Kier alpha value is -0.240. The lowest BCUT2D eigenvalue weighted by Gasteiger charge is -2.39. The summed E-state index contributed by atoms with van der Waals surface area (Å²) in [6.07, 6.45) is 3.39. The first-order valence-corrected chi connectivity index (χ1v) is 5.70. The first-order chi connectivity index (χ1) is 6.40. The first-order valence-electron chi connectivity index (χ1n) is 5.26. The molecular formula is C11H17ClO2. The number of carboxylic acids is 1. The number of carbonyl (C=O) groups is 1. The summed E-state index contributed by atoms with van der Waals surface area (Å²) in [7, 11) is 0. The van der Waals surface area contributed by atoms with Gasteiger partial charge < -0.3 is 5.11 Å². The van der Waals surface area contributed by atoms with E-state index in [-0.39, 0.29) is 22.6 Å². The van der Waals surface area contributed by atoms with Crippen molar-refractivity contribution in [2.75, 3.05) is 0 Å². The van der Waals surface area contributed by atoms with Gasteiger partial charge in [0.2, 0.25) is 0 Å². The maximum absolute atomic E-state index is 10.9. The van der Waals surface area contributed by atoms with Crippen LogP contribution in [0.4, 0.5) is 0 Å². The van der Waals surface area contributed by atoms with Gasteiger partial charge in [-0.05, 0) is 30.6 Å². The van der Waals surface area contributed by atoms with E-state index >= 15 is 0 Å². The molecule has 2 saturated carbocycles. The second kappa shape index (κ2) is 2.88. The van der Waals surface area contributed by atoms with Crippen LogP contribution in [0.3, 0.4) is 0 Å². The number of aliphatic carboxylic acids is 1. The zero-order valence-electron chi connectivity index (χ0n) is 8.72. The summed E-state index contributed by atoms with van der Waals surface area (Å²) in [6.45, 7) is 4.38. The van der Waals surface area contributed by atoms with E-state index in [2.05, 4.69) is 13.8 Å². The topological polar surface area (TPSA) is 37.3 Å². The number of alkyl halides is 1. The van der Waals surface area contributed by atoms with Crippen LogP contribution in [0.15, 0.2) is 0 Å². The minimum Gasteiger partial charge on any atom is -0.481 e. The molecule has 2 aliphatic rings. The molecule has 2 nitrogen and oxygen atoms in total. The van der Waals surface area contributed by atoms with Gasteiger partial charge in [-0.25, -0.2) is 0 Å². The van der Waals surface area contributed by atoms with E-state index < -0.39 is 5.97 Å². The van der Waals surface area contributed by atoms with Gasteiger partial charge in [-0.15, -0.1) is 11.6 Å². The first kappa shape index (κ1) is 10.3. The van der Waals surface area contributed by atoms with Gasteiger partial charge in [0.15, 0.2) is 0 Å². The number of halogens is 1. The molecule has 0 aromatic rings. The van der Waals surface area contributed by atoms with E-state index in [1.54, 1.807) is 0 Å². The number of rotatable bonds is 2. The molecule has 0 heterocycles. The molecule has 0 amide bonds. The molecule has 0 aromatic heterocycles. The fraction of sp³-hybridized carbons (Fsp3) is 0.909.